The van der Waals surface area contributed by atoms with Gasteiger partial charge in [0.15, 0.2) is 0 Å². The monoisotopic (exact) mass is 294 g/mol. The van der Waals surface area contributed by atoms with Gasteiger partial charge in [-0.25, -0.2) is 0 Å². The van der Waals surface area contributed by atoms with Crippen LogP contribution in [-0.4, -0.2) is 12.5 Å². The number of halogens is 4. The van der Waals surface area contributed by atoms with Crippen LogP contribution in [0.5, 0.6) is 0 Å². The summed E-state index contributed by atoms with van der Waals surface area (Å²) in [7, 11) is 0. The van der Waals surface area contributed by atoms with E-state index in [1.807, 2.05) is 0 Å². The summed E-state index contributed by atoms with van der Waals surface area (Å²) in [6.07, 6.45) is -4.60. The van der Waals surface area contributed by atoms with Gasteiger partial charge in [-0.1, -0.05) is 17.7 Å². The van der Waals surface area contributed by atoms with Crippen LogP contribution in [0.2, 0.25) is 5.02 Å². The third-order valence-corrected chi connectivity index (χ3v) is 3.00. The SMILES string of the molecule is CC(C)(CN)C(=O)Nc1c(Cl)cccc1C(F)(F)F. The molecule has 3 N–H and O–H groups in total. The molecule has 0 unspecified atom stereocenters. The van der Waals surface area contributed by atoms with Crippen LogP contribution in [0.25, 0.3) is 0 Å². The summed E-state index contributed by atoms with van der Waals surface area (Å²) in [4.78, 5) is 11.9. The molecule has 0 bridgehead atoms. The Bertz CT molecular complexity index is 486. The Morgan fingerprint density at radius 2 is 1.95 bits per heavy atom. The van der Waals surface area contributed by atoms with Crippen LogP contribution >= 0.6 is 11.6 Å². The van der Waals surface area contributed by atoms with Crippen molar-refractivity contribution in [3.8, 4) is 0 Å². The van der Waals surface area contributed by atoms with E-state index in [1.165, 1.54) is 26.0 Å². The van der Waals surface area contributed by atoms with E-state index in [0.29, 0.717) is 0 Å². The number of anilines is 1. The van der Waals surface area contributed by atoms with Gasteiger partial charge in [0, 0.05) is 6.54 Å². The van der Waals surface area contributed by atoms with Crippen molar-refractivity contribution in [2.45, 2.75) is 20.0 Å². The summed E-state index contributed by atoms with van der Waals surface area (Å²) in [5.74, 6) is -0.617. The number of hydrogen-bond acceptors (Lipinski definition) is 2. The molecule has 0 saturated carbocycles. The predicted octanol–water partition coefficient (Wildman–Crippen LogP) is 3.28. The zero-order chi connectivity index (χ0) is 14.8. The van der Waals surface area contributed by atoms with Gasteiger partial charge in [0.2, 0.25) is 5.91 Å². The number of carbonyl (C=O) groups is 1. The summed E-state index contributed by atoms with van der Waals surface area (Å²) in [5.41, 5.74) is 3.00. The van der Waals surface area contributed by atoms with E-state index in [4.69, 9.17) is 17.3 Å². The first-order valence-corrected chi connectivity index (χ1v) is 5.84. The smallest absolute Gasteiger partial charge is 0.329 e. The molecule has 106 valence electrons. The molecule has 1 aromatic carbocycles. The molecule has 0 radical (unpaired) electrons. The molecule has 0 spiro atoms. The summed E-state index contributed by atoms with van der Waals surface area (Å²) in [6, 6.07) is 3.31. The third kappa shape index (κ3) is 3.61. The molecular formula is C12H14ClF3N2O. The van der Waals surface area contributed by atoms with Crippen LogP contribution in [0.4, 0.5) is 18.9 Å². The molecule has 0 aliphatic rings. The minimum absolute atomic E-state index is 0.00460. The van der Waals surface area contributed by atoms with E-state index in [2.05, 4.69) is 5.32 Å². The van der Waals surface area contributed by atoms with E-state index in [9.17, 15) is 18.0 Å². The highest BCUT2D eigenvalue weighted by Crippen LogP contribution is 2.39. The maximum absolute atomic E-state index is 12.8. The second-order valence-corrected chi connectivity index (χ2v) is 5.11. The fourth-order valence-corrected chi connectivity index (χ4v) is 1.48. The van der Waals surface area contributed by atoms with E-state index in [1.54, 1.807) is 0 Å². The van der Waals surface area contributed by atoms with Gasteiger partial charge in [-0.2, -0.15) is 13.2 Å². The zero-order valence-corrected chi connectivity index (χ0v) is 11.2. The van der Waals surface area contributed by atoms with Gasteiger partial charge >= 0.3 is 6.18 Å². The third-order valence-electron chi connectivity index (χ3n) is 2.68. The van der Waals surface area contributed by atoms with Crippen molar-refractivity contribution < 1.29 is 18.0 Å². The van der Waals surface area contributed by atoms with E-state index >= 15 is 0 Å². The first-order valence-electron chi connectivity index (χ1n) is 5.47. The van der Waals surface area contributed by atoms with Crippen molar-refractivity contribution in [3.05, 3.63) is 28.8 Å². The largest absolute Gasteiger partial charge is 0.418 e. The van der Waals surface area contributed by atoms with Crippen molar-refractivity contribution in [2.24, 2.45) is 11.1 Å². The van der Waals surface area contributed by atoms with Crippen molar-refractivity contribution in [3.63, 3.8) is 0 Å². The van der Waals surface area contributed by atoms with Crippen LogP contribution in [0.1, 0.15) is 19.4 Å². The number of nitrogens with two attached hydrogens (primary N) is 1. The fourth-order valence-electron chi connectivity index (χ4n) is 1.26. The number of amides is 1. The molecule has 1 amide bonds. The average molecular weight is 295 g/mol. The van der Waals surface area contributed by atoms with E-state index < -0.39 is 28.7 Å². The van der Waals surface area contributed by atoms with Gasteiger partial charge in [0.1, 0.15) is 0 Å². The second kappa shape index (κ2) is 5.38. The van der Waals surface area contributed by atoms with Gasteiger partial charge < -0.3 is 11.1 Å². The number of nitrogens with one attached hydrogen (secondary N) is 1. The molecular weight excluding hydrogens is 281 g/mol. The minimum atomic E-state index is -4.60. The highest BCUT2D eigenvalue weighted by Gasteiger charge is 2.36. The number of rotatable bonds is 3. The van der Waals surface area contributed by atoms with E-state index in [-0.39, 0.29) is 11.6 Å². The molecule has 7 heteroatoms. The summed E-state index contributed by atoms with van der Waals surface area (Å²) in [5, 5.41) is 2.04. The Balaban J connectivity index is 3.18. The van der Waals surface area contributed by atoms with E-state index in [0.717, 1.165) is 6.07 Å². The number of alkyl halides is 3. The molecule has 1 rings (SSSR count). The van der Waals surface area contributed by atoms with Gasteiger partial charge in [-0.15, -0.1) is 0 Å². The predicted molar refractivity (Wildman–Crippen MR) is 67.9 cm³/mol. The lowest BCUT2D eigenvalue weighted by molar-refractivity contribution is -0.137. The number of benzene rings is 1. The number of para-hydroxylation sites is 1. The lowest BCUT2D eigenvalue weighted by Gasteiger charge is -2.23. The van der Waals surface area contributed by atoms with Crippen molar-refractivity contribution >= 4 is 23.2 Å². The quantitative estimate of drug-likeness (QED) is 0.899. The first-order chi connectivity index (χ1) is 8.59. The fraction of sp³-hybridized carbons (Fsp3) is 0.417. The molecule has 0 aliphatic carbocycles. The Labute approximate surface area is 113 Å². The number of hydrogen-bond donors (Lipinski definition) is 2. The van der Waals surface area contributed by atoms with Crippen molar-refractivity contribution in [1.29, 1.82) is 0 Å². The molecule has 1 aromatic rings. The van der Waals surface area contributed by atoms with Crippen molar-refractivity contribution in [1.82, 2.24) is 0 Å². The number of carbonyl (C=O) groups excluding carboxylic acids is 1. The molecule has 0 atom stereocenters. The molecule has 0 saturated heterocycles. The molecule has 0 aromatic heterocycles. The normalized spacial score (nSPS) is 12.4. The Morgan fingerprint density at radius 3 is 2.42 bits per heavy atom. The van der Waals surface area contributed by atoms with Gasteiger partial charge in [-0.3, -0.25) is 4.79 Å². The van der Waals surface area contributed by atoms with Gasteiger partial charge in [0.25, 0.3) is 0 Å². The average Bonchev–Trinajstić information content (AvgIpc) is 2.30. The standard InChI is InChI=1S/C12H14ClF3N2O/c1-11(2,6-17)10(19)18-9-7(12(14,15)16)4-3-5-8(9)13/h3-5H,6,17H2,1-2H3,(H,18,19). The maximum atomic E-state index is 12.8. The van der Waals surface area contributed by atoms with Crippen LogP contribution < -0.4 is 11.1 Å². The van der Waals surface area contributed by atoms with Crippen LogP contribution in [0.15, 0.2) is 18.2 Å². The zero-order valence-electron chi connectivity index (χ0n) is 10.4. The molecule has 3 nitrogen and oxygen atoms in total. The Kier molecular flexibility index (Phi) is 4.47. The first kappa shape index (κ1) is 15.8. The summed E-state index contributed by atoms with van der Waals surface area (Å²) in [6.45, 7) is 3.07. The van der Waals surface area contributed by atoms with Crippen molar-refractivity contribution in [2.75, 3.05) is 11.9 Å². The highest BCUT2D eigenvalue weighted by atomic mass is 35.5. The lowest BCUT2D eigenvalue weighted by atomic mass is 9.92. The maximum Gasteiger partial charge on any atom is 0.418 e. The molecule has 0 fully saturated rings. The Hall–Kier alpha value is -1.27. The Morgan fingerprint density at radius 1 is 1.37 bits per heavy atom. The summed E-state index contributed by atoms with van der Waals surface area (Å²) < 4.78 is 38.5. The topological polar surface area (TPSA) is 55.1 Å². The van der Waals surface area contributed by atoms with Crippen LogP contribution in [0.3, 0.4) is 0 Å². The van der Waals surface area contributed by atoms with Crippen LogP contribution in [0, 0.1) is 5.41 Å². The highest BCUT2D eigenvalue weighted by molar-refractivity contribution is 6.34. The van der Waals surface area contributed by atoms with Gasteiger partial charge in [0.05, 0.1) is 21.7 Å². The molecule has 0 heterocycles. The lowest BCUT2D eigenvalue weighted by Crippen LogP contribution is -2.37. The second-order valence-electron chi connectivity index (χ2n) is 4.70. The van der Waals surface area contributed by atoms with Crippen LogP contribution in [-0.2, 0) is 11.0 Å². The molecule has 19 heavy (non-hydrogen) atoms. The van der Waals surface area contributed by atoms with Gasteiger partial charge in [-0.05, 0) is 26.0 Å². The minimum Gasteiger partial charge on any atom is -0.329 e. The summed E-state index contributed by atoms with van der Waals surface area (Å²) >= 11 is 5.73. The molecule has 0 aliphatic heterocycles.